The molecule has 0 bridgehead atoms. The topological polar surface area (TPSA) is 96.4 Å². The van der Waals surface area contributed by atoms with E-state index >= 15 is 0 Å². The highest BCUT2D eigenvalue weighted by atomic mass is 35.5. The third-order valence-corrected chi connectivity index (χ3v) is 7.08. The number of aryl methyl sites for hydroxylation is 1. The van der Waals surface area contributed by atoms with Gasteiger partial charge in [0.05, 0.1) is 22.5 Å². The van der Waals surface area contributed by atoms with Crippen LogP contribution in [0.2, 0.25) is 5.02 Å². The molecule has 1 atom stereocenters. The van der Waals surface area contributed by atoms with Crippen LogP contribution in [0.25, 0.3) is 11.4 Å². The van der Waals surface area contributed by atoms with Gasteiger partial charge in [0.15, 0.2) is 5.82 Å². The molecule has 1 N–H and O–H groups in total. The summed E-state index contributed by atoms with van der Waals surface area (Å²) < 4.78 is 20.9. The Bertz CT molecular complexity index is 1540. The predicted octanol–water partition coefficient (Wildman–Crippen LogP) is 5.47. The molecule has 0 unspecified atom stereocenters. The van der Waals surface area contributed by atoms with Crippen LogP contribution in [0.1, 0.15) is 29.5 Å². The molecule has 1 saturated heterocycles. The number of carbonyl (C=O) groups excluding carboxylic acids is 1. The summed E-state index contributed by atoms with van der Waals surface area (Å²) in [5, 5.41) is 3.31. The van der Waals surface area contributed by atoms with Crippen LogP contribution in [0.5, 0.6) is 11.6 Å². The number of likely N-dealkylation sites (N-methyl/N-ethyl adjacent to an activating group) is 2. The van der Waals surface area contributed by atoms with Gasteiger partial charge in [-0.05, 0) is 68.5 Å². The number of hydrogen-bond acceptors (Lipinski definition) is 8. The van der Waals surface area contributed by atoms with Crippen molar-refractivity contribution in [3.05, 3.63) is 83.3 Å². The normalized spacial score (nSPS) is 15.2. The molecule has 2 aromatic heterocycles. The Kier molecular flexibility index (Phi) is 8.18. The number of amides is 1. The SMILES string of the molecule is CCc1ncnc(-c2cccnc2Oc2ccc(F)c(C(=O)Nc3cc(Cl)ccc3N(C)[C@H]3CCN(C)C3)c2)n1. The first-order valence-corrected chi connectivity index (χ1v) is 13.3. The second-order valence-corrected chi connectivity index (χ2v) is 10.0. The maximum atomic E-state index is 14.9. The number of carbonyl (C=O) groups is 1. The van der Waals surface area contributed by atoms with Crippen LogP contribution in [0.4, 0.5) is 15.8 Å². The van der Waals surface area contributed by atoms with Crippen LogP contribution >= 0.6 is 11.6 Å². The van der Waals surface area contributed by atoms with Crippen LogP contribution in [0.15, 0.2) is 61.1 Å². The summed E-state index contributed by atoms with van der Waals surface area (Å²) in [4.78, 5) is 34.9. The van der Waals surface area contributed by atoms with Gasteiger partial charge in [0.2, 0.25) is 5.88 Å². The van der Waals surface area contributed by atoms with Crippen molar-refractivity contribution in [3.63, 3.8) is 0 Å². The second kappa shape index (κ2) is 11.9. The van der Waals surface area contributed by atoms with Gasteiger partial charge in [-0.15, -0.1) is 0 Å². The third kappa shape index (κ3) is 6.03. The second-order valence-electron chi connectivity index (χ2n) is 9.61. The number of likely N-dealkylation sites (tertiary alicyclic amines) is 1. The maximum Gasteiger partial charge on any atom is 0.258 e. The van der Waals surface area contributed by atoms with Crippen LogP contribution < -0.4 is 15.0 Å². The van der Waals surface area contributed by atoms with E-state index < -0.39 is 11.7 Å². The molecule has 11 heteroatoms. The highest BCUT2D eigenvalue weighted by Crippen LogP contribution is 2.33. The van der Waals surface area contributed by atoms with Crippen molar-refractivity contribution in [2.24, 2.45) is 0 Å². The van der Waals surface area contributed by atoms with Crippen LogP contribution in [-0.4, -0.2) is 64.0 Å². The number of aromatic nitrogens is 4. The lowest BCUT2D eigenvalue weighted by Gasteiger charge is -2.29. The average Bonchev–Trinajstić information content (AvgIpc) is 3.40. The molecule has 0 aliphatic carbocycles. The molecule has 0 saturated carbocycles. The van der Waals surface area contributed by atoms with E-state index in [1.807, 2.05) is 20.0 Å². The Balaban J connectivity index is 1.40. The van der Waals surface area contributed by atoms with E-state index in [4.69, 9.17) is 16.3 Å². The fourth-order valence-corrected chi connectivity index (χ4v) is 4.83. The van der Waals surface area contributed by atoms with Crippen molar-refractivity contribution in [1.82, 2.24) is 24.8 Å². The molecule has 0 radical (unpaired) electrons. The number of hydrogen-bond donors (Lipinski definition) is 1. The standard InChI is InChI=1S/C29H29ClFN7O2/c1-4-26-33-17-34-27(36-26)21-6-5-12-32-29(21)40-20-8-9-23(31)22(15-20)28(39)35-24-14-18(30)7-10-25(24)38(3)19-11-13-37(2)16-19/h5-10,12,14-15,17,19H,4,11,13,16H2,1-3H3,(H,35,39)/t19-/m0/s1. The summed E-state index contributed by atoms with van der Waals surface area (Å²) in [5.41, 5.74) is 1.65. The first kappa shape index (κ1) is 27.4. The number of anilines is 2. The molecule has 1 fully saturated rings. The lowest BCUT2D eigenvalue weighted by atomic mass is 10.1. The smallest absolute Gasteiger partial charge is 0.258 e. The zero-order chi connectivity index (χ0) is 28.2. The minimum Gasteiger partial charge on any atom is -0.438 e. The van der Waals surface area contributed by atoms with Gasteiger partial charge in [-0.1, -0.05) is 18.5 Å². The van der Waals surface area contributed by atoms with Crippen molar-refractivity contribution >= 4 is 28.9 Å². The van der Waals surface area contributed by atoms with Gasteiger partial charge >= 0.3 is 0 Å². The minimum absolute atomic E-state index is 0.183. The predicted molar refractivity (Wildman–Crippen MR) is 153 cm³/mol. The van der Waals surface area contributed by atoms with Crippen LogP contribution in [0, 0.1) is 5.82 Å². The molecule has 206 valence electrons. The Labute approximate surface area is 237 Å². The number of benzene rings is 2. The monoisotopic (exact) mass is 561 g/mol. The van der Waals surface area contributed by atoms with Crippen molar-refractivity contribution in [1.29, 1.82) is 0 Å². The Hall–Kier alpha value is -4.15. The summed E-state index contributed by atoms with van der Waals surface area (Å²) >= 11 is 6.27. The Morgan fingerprint density at radius 1 is 1.20 bits per heavy atom. The molecule has 3 heterocycles. The Morgan fingerprint density at radius 2 is 2.05 bits per heavy atom. The summed E-state index contributed by atoms with van der Waals surface area (Å²) in [5.74, 6) is 0.163. The number of rotatable bonds is 8. The molecule has 1 aliphatic heterocycles. The van der Waals surface area contributed by atoms with Crippen molar-refractivity contribution in [3.8, 4) is 23.0 Å². The van der Waals surface area contributed by atoms with E-state index in [-0.39, 0.29) is 23.2 Å². The minimum atomic E-state index is -0.689. The van der Waals surface area contributed by atoms with Gasteiger partial charge in [0.25, 0.3) is 5.91 Å². The molecular weight excluding hydrogens is 533 g/mol. The van der Waals surface area contributed by atoms with Gasteiger partial charge in [-0.3, -0.25) is 4.79 Å². The van der Waals surface area contributed by atoms with E-state index in [0.29, 0.717) is 34.3 Å². The third-order valence-electron chi connectivity index (χ3n) is 6.85. The van der Waals surface area contributed by atoms with E-state index in [1.165, 1.54) is 24.5 Å². The molecule has 2 aromatic carbocycles. The molecule has 1 amide bonds. The van der Waals surface area contributed by atoms with E-state index in [9.17, 15) is 9.18 Å². The summed E-state index contributed by atoms with van der Waals surface area (Å²) in [7, 11) is 4.06. The van der Waals surface area contributed by atoms with Crippen molar-refractivity contribution < 1.29 is 13.9 Å². The van der Waals surface area contributed by atoms with E-state index in [2.05, 4.69) is 42.1 Å². The molecular formula is C29H29ClFN7O2. The van der Waals surface area contributed by atoms with Crippen LogP contribution in [-0.2, 0) is 6.42 Å². The highest BCUT2D eigenvalue weighted by molar-refractivity contribution is 6.31. The Morgan fingerprint density at radius 3 is 2.83 bits per heavy atom. The average molecular weight is 562 g/mol. The first-order valence-electron chi connectivity index (χ1n) is 13.0. The molecule has 0 spiro atoms. The molecule has 1 aliphatic rings. The quantitative estimate of drug-likeness (QED) is 0.302. The number of halogens is 2. The van der Waals surface area contributed by atoms with E-state index in [0.717, 1.165) is 25.2 Å². The van der Waals surface area contributed by atoms with Gasteiger partial charge in [0, 0.05) is 37.3 Å². The fraction of sp³-hybridized carbons (Fsp3) is 0.276. The summed E-state index contributed by atoms with van der Waals surface area (Å²) in [6, 6.07) is 13.1. The highest BCUT2D eigenvalue weighted by Gasteiger charge is 2.26. The van der Waals surface area contributed by atoms with E-state index in [1.54, 1.807) is 30.5 Å². The lowest BCUT2D eigenvalue weighted by molar-refractivity contribution is 0.102. The largest absolute Gasteiger partial charge is 0.438 e. The fourth-order valence-electron chi connectivity index (χ4n) is 4.66. The number of ether oxygens (including phenoxy) is 1. The molecule has 5 rings (SSSR count). The number of nitrogens with zero attached hydrogens (tertiary/aromatic N) is 6. The lowest BCUT2D eigenvalue weighted by Crippen LogP contribution is -2.34. The van der Waals surface area contributed by atoms with Gasteiger partial charge in [-0.2, -0.15) is 0 Å². The number of pyridine rings is 1. The van der Waals surface area contributed by atoms with Crippen LogP contribution in [0.3, 0.4) is 0 Å². The van der Waals surface area contributed by atoms with Crippen molar-refractivity contribution in [2.45, 2.75) is 25.8 Å². The van der Waals surface area contributed by atoms with Gasteiger partial charge < -0.3 is 19.9 Å². The maximum absolute atomic E-state index is 14.9. The summed E-state index contributed by atoms with van der Waals surface area (Å²) in [6.45, 7) is 3.84. The van der Waals surface area contributed by atoms with Crippen molar-refractivity contribution in [2.75, 3.05) is 37.4 Å². The summed E-state index contributed by atoms with van der Waals surface area (Å²) in [6.07, 6.45) is 4.64. The molecule has 4 aromatic rings. The zero-order valence-corrected chi connectivity index (χ0v) is 23.2. The van der Waals surface area contributed by atoms with Gasteiger partial charge in [-0.25, -0.2) is 24.3 Å². The zero-order valence-electron chi connectivity index (χ0n) is 22.4. The molecule has 9 nitrogen and oxygen atoms in total. The number of nitrogens with one attached hydrogen (secondary N) is 1. The van der Waals surface area contributed by atoms with Gasteiger partial charge in [0.1, 0.15) is 23.7 Å². The molecule has 40 heavy (non-hydrogen) atoms. The first-order chi connectivity index (χ1) is 19.3.